The minimum atomic E-state index is -0.285. The lowest BCUT2D eigenvalue weighted by atomic mass is 10.1. The zero-order chi connectivity index (χ0) is 21.5. The highest BCUT2D eigenvalue weighted by Gasteiger charge is 2.22. The summed E-state index contributed by atoms with van der Waals surface area (Å²) in [5, 5.41) is 2.82. The largest absolute Gasteiger partial charge is 0.496 e. The average molecular weight is 413 g/mol. The number of carbonyl (C=O) groups is 2. The average Bonchev–Trinajstić information content (AvgIpc) is 2.74. The molecule has 0 atom stereocenters. The van der Waals surface area contributed by atoms with E-state index in [9.17, 15) is 14.0 Å². The molecular formula is C23H28FN3O3. The Morgan fingerprint density at radius 1 is 1.10 bits per heavy atom. The van der Waals surface area contributed by atoms with Crippen molar-refractivity contribution in [2.75, 3.05) is 39.8 Å². The zero-order valence-corrected chi connectivity index (χ0v) is 17.5. The number of hydrogen-bond acceptors (Lipinski definition) is 4. The van der Waals surface area contributed by atoms with E-state index in [-0.39, 0.29) is 24.1 Å². The molecule has 1 aliphatic rings. The molecule has 1 fully saturated rings. The van der Waals surface area contributed by atoms with Gasteiger partial charge in [0.25, 0.3) is 5.91 Å². The van der Waals surface area contributed by atoms with Gasteiger partial charge in [-0.25, -0.2) is 4.39 Å². The van der Waals surface area contributed by atoms with E-state index in [0.717, 1.165) is 11.1 Å². The van der Waals surface area contributed by atoms with Crippen LogP contribution in [0.4, 0.5) is 4.39 Å². The van der Waals surface area contributed by atoms with Crippen molar-refractivity contribution in [1.29, 1.82) is 0 Å². The Morgan fingerprint density at radius 2 is 1.83 bits per heavy atom. The summed E-state index contributed by atoms with van der Waals surface area (Å²) < 4.78 is 18.9. The lowest BCUT2D eigenvalue weighted by Crippen LogP contribution is -2.48. The van der Waals surface area contributed by atoms with Gasteiger partial charge in [-0.1, -0.05) is 18.2 Å². The fourth-order valence-electron chi connectivity index (χ4n) is 3.63. The van der Waals surface area contributed by atoms with Crippen LogP contribution in [0.5, 0.6) is 5.75 Å². The minimum absolute atomic E-state index is 0.0306. The molecule has 2 amide bonds. The Kier molecular flexibility index (Phi) is 7.41. The van der Waals surface area contributed by atoms with Gasteiger partial charge < -0.3 is 15.0 Å². The monoisotopic (exact) mass is 413 g/mol. The van der Waals surface area contributed by atoms with Gasteiger partial charge in [0.1, 0.15) is 11.6 Å². The van der Waals surface area contributed by atoms with E-state index in [2.05, 4.69) is 10.2 Å². The molecule has 0 aromatic heterocycles. The molecule has 2 aromatic rings. The molecule has 0 unspecified atom stereocenters. The molecule has 1 saturated heterocycles. The Labute approximate surface area is 176 Å². The standard InChI is InChI=1S/C23H28FN3O3/c1-17-5-3-4-6-20(17)23(29)25-10-9-22(28)27-13-11-26(12-14-27)16-18-15-19(24)7-8-21(18)30-2/h3-8,15H,9-14,16H2,1-2H3,(H,25,29). The van der Waals surface area contributed by atoms with Crippen LogP contribution in [0.3, 0.4) is 0 Å². The van der Waals surface area contributed by atoms with Crippen LogP contribution < -0.4 is 10.1 Å². The molecule has 0 saturated carbocycles. The van der Waals surface area contributed by atoms with Gasteiger partial charge in [0.2, 0.25) is 5.91 Å². The second-order valence-electron chi connectivity index (χ2n) is 7.43. The minimum Gasteiger partial charge on any atom is -0.496 e. The van der Waals surface area contributed by atoms with Crippen LogP contribution in [0.1, 0.15) is 27.9 Å². The first-order chi connectivity index (χ1) is 14.5. The number of nitrogens with zero attached hydrogens (tertiary/aromatic N) is 2. The Hall–Kier alpha value is -2.93. The van der Waals surface area contributed by atoms with Crippen molar-refractivity contribution < 1.29 is 18.7 Å². The van der Waals surface area contributed by atoms with Crippen LogP contribution in [0, 0.1) is 12.7 Å². The highest BCUT2D eigenvalue weighted by atomic mass is 19.1. The predicted octanol–water partition coefficient (Wildman–Crippen LogP) is 2.61. The van der Waals surface area contributed by atoms with Crippen LogP contribution in [-0.4, -0.2) is 61.4 Å². The third kappa shape index (κ3) is 5.57. The fourth-order valence-corrected chi connectivity index (χ4v) is 3.63. The number of aryl methyl sites for hydroxylation is 1. The summed E-state index contributed by atoms with van der Waals surface area (Å²) in [5.74, 6) is 0.254. The van der Waals surface area contributed by atoms with E-state index in [1.807, 2.05) is 30.0 Å². The van der Waals surface area contributed by atoms with Gasteiger partial charge in [0.05, 0.1) is 7.11 Å². The van der Waals surface area contributed by atoms with Gasteiger partial charge >= 0.3 is 0 Å². The van der Waals surface area contributed by atoms with Crippen LogP contribution in [0.2, 0.25) is 0 Å². The van der Waals surface area contributed by atoms with Crippen molar-refractivity contribution in [3.05, 3.63) is 65.0 Å². The van der Waals surface area contributed by atoms with Gasteiger partial charge in [0, 0.05) is 56.8 Å². The molecule has 2 aromatic carbocycles. The third-order valence-corrected chi connectivity index (χ3v) is 5.38. The molecule has 0 aliphatic carbocycles. The highest BCUT2D eigenvalue weighted by molar-refractivity contribution is 5.95. The SMILES string of the molecule is COc1ccc(F)cc1CN1CCN(C(=O)CCNC(=O)c2ccccc2C)CC1. The van der Waals surface area contributed by atoms with E-state index >= 15 is 0 Å². The number of nitrogens with one attached hydrogen (secondary N) is 1. The maximum Gasteiger partial charge on any atom is 0.251 e. The third-order valence-electron chi connectivity index (χ3n) is 5.38. The van der Waals surface area contributed by atoms with Gasteiger partial charge in [-0.3, -0.25) is 14.5 Å². The second kappa shape index (κ2) is 10.2. The summed E-state index contributed by atoms with van der Waals surface area (Å²) in [4.78, 5) is 28.7. The van der Waals surface area contributed by atoms with Gasteiger partial charge in [-0.05, 0) is 36.8 Å². The maximum absolute atomic E-state index is 13.6. The first kappa shape index (κ1) is 21.8. The summed E-state index contributed by atoms with van der Waals surface area (Å²) in [5.41, 5.74) is 2.34. The number of amides is 2. The first-order valence-electron chi connectivity index (χ1n) is 10.1. The lowest BCUT2D eigenvalue weighted by Gasteiger charge is -2.35. The number of hydrogen-bond donors (Lipinski definition) is 1. The molecule has 7 heteroatoms. The van der Waals surface area contributed by atoms with Crippen molar-refractivity contribution in [2.45, 2.75) is 19.9 Å². The molecule has 0 bridgehead atoms. The summed E-state index contributed by atoms with van der Waals surface area (Å²) in [6.45, 7) is 5.42. The Bertz CT molecular complexity index is 895. The highest BCUT2D eigenvalue weighted by Crippen LogP contribution is 2.21. The summed E-state index contributed by atoms with van der Waals surface area (Å²) in [6.07, 6.45) is 0.273. The second-order valence-corrected chi connectivity index (χ2v) is 7.43. The van der Waals surface area contributed by atoms with Gasteiger partial charge in [-0.15, -0.1) is 0 Å². The van der Waals surface area contributed by atoms with Crippen LogP contribution in [-0.2, 0) is 11.3 Å². The summed E-state index contributed by atoms with van der Waals surface area (Å²) in [7, 11) is 1.57. The normalized spacial score (nSPS) is 14.4. The molecular weight excluding hydrogens is 385 g/mol. The van der Waals surface area contributed by atoms with Gasteiger partial charge in [-0.2, -0.15) is 0 Å². The predicted molar refractivity (Wildman–Crippen MR) is 113 cm³/mol. The molecule has 1 heterocycles. The molecule has 160 valence electrons. The maximum atomic E-state index is 13.6. The van der Waals surface area contributed by atoms with E-state index in [4.69, 9.17) is 4.74 Å². The molecule has 1 N–H and O–H groups in total. The Balaban J connectivity index is 1.43. The summed E-state index contributed by atoms with van der Waals surface area (Å²) >= 11 is 0. The van der Waals surface area contributed by atoms with E-state index in [1.54, 1.807) is 19.2 Å². The molecule has 0 radical (unpaired) electrons. The van der Waals surface area contributed by atoms with Crippen LogP contribution in [0.15, 0.2) is 42.5 Å². The number of methoxy groups -OCH3 is 1. The first-order valence-corrected chi connectivity index (χ1v) is 10.1. The smallest absolute Gasteiger partial charge is 0.251 e. The van der Waals surface area contributed by atoms with Crippen LogP contribution >= 0.6 is 0 Å². The fraction of sp³-hybridized carbons (Fsp3) is 0.391. The number of piperazine rings is 1. The molecule has 30 heavy (non-hydrogen) atoms. The molecule has 3 rings (SSSR count). The molecule has 0 spiro atoms. The van der Waals surface area contributed by atoms with E-state index < -0.39 is 0 Å². The van der Waals surface area contributed by atoms with E-state index in [0.29, 0.717) is 50.6 Å². The Morgan fingerprint density at radius 3 is 2.53 bits per heavy atom. The molecule has 1 aliphatic heterocycles. The number of benzene rings is 2. The molecule has 6 nitrogen and oxygen atoms in total. The van der Waals surface area contributed by atoms with Crippen LogP contribution in [0.25, 0.3) is 0 Å². The van der Waals surface area contributed by atoms with E-state index in [1.165, 1.54) is 12.1 Å². The number of ether oxygens (including phenoxy) is 1. The van der Waals surface area contributed by atoms with Crippen molar-refractivity contribution in [3.63, 3.8) is 0 Å². The topological polar surface area (TPSA) is 61.9 Å². The zero-order valence-electron chi connectivity index (χ0n) is 17.5. The summed E-state index contributed by atoms with van der Waals surface area (Å²) in [6, 6.07) is 11.9. The van der Waals surface area contributed by atoms with Gasteiger partial charge in [0.15, 0.2) is 0 Å². The quantitative estimate of drug-likeness (QED) is 0.758. The number of halogens is 1. The lowest BCUT2D eigenvalue weighted by molar-refractivity contribution is -0.132. The number of rotatable bonds is 7. The van der Waals surface area contributed by atoms with Crippen molar-refractivity contribution >= 4 is 11.8 Å². The van der Waals surface area contributed by atoms with Crippen molar-refractivity contribution in [1.82, 2.24) is 15.1 Å². The number of carbonyl (C=O) groups excluding carboxylic acids is 2. The van der Waals surface area contributed by atoms with Crippen molar-refractivity contribution in [3.8, 4) is 5.75 Å². The van der Waals surface area contributed by atoms with Crippen molar-refractivity contribution in [2.24, 2.45) is 0 Å².